The summed E-state index contributed by atoms with van der Waals surface area (Å²) in [5.74, 6) is -32.1. The van der Waals surface area contributed by atoms with E-state index in [-0.39, 0.29) is 0 Å². The van der Waals surface area contributed by atoms with Crippen LogP contribution >= 0.6 is 22.2 Å². The first-order chi connectivity index (χ1) is 11.7. The highest BCUT2D eigenvalue weighted by Crippen LogP contribution is 2.63. The number of halogens is 17. The highest BCUT2D eigenvalue weighted by Gasteiger charge is 2.92. The molecule has 0 amide bonds. The SMILES string of the molecule is C[Si](Cl)(Cl)CCC(F)(C(F)(F)F)C(F)(F)C(F)(F)C(F)(F)C(F)(F)C(F)(F)F. The fourth-order valence-corrected chi connectivity index (χ4v) is 3.04. The molecule has 0 aromatic carbocycles. The largest absolute Gasteiger partial charge is 0.460 e. The van der Waals surface area contributed by atoms with Gasteiger partial charge < -0.3 is 0 Å². The summed E-state index contributed by atoms with van der Waals surface area (Å²) in [7, 11) is 0. The van der Waals surface area contributed by atoms with Crippen LogP contribution in [0, 0.1) is 0 Å². The summed E-state index contributed by atoms with van der Waals surface area (Å²) in [6.07, 6.45) is -17.5. The molecule has 0 spiro atoms. The van der Waals surface area contributed by atoms with Crippen molar-refractivity contribution in [2.24, 2.45) is 0 Å². The molecule has 1 unspecified atom stereocenters. The highest BCUT2D eigenvalue weighted by atomic mass is 35.7. The smallest absolute Gasteiger partial charge is 0.227 e. The van der Waals surface area contributed by atoms with Gasteiger partial charge in [-0.25, -0.2) is 4.39 Å². The van der Waals surface area contributed by atoms with E-state index in [0.717, 1.165) is 0 Å². The minimum atomic E-state index is -8.17. The van der Waals surface area contributed by atoms with Crippen molar-refractivity contribution in [3.8, 4) is 0 Å². The molecule has 28 heavy (non-hydrogen) atoms. The summed E-state index contributed by atoms with van der Waals surface area (Å²) < 4.78 is 193. The molecule has 0 fully saturated rings. The van der Waals surface area contributed by atoms with Crippen molar-refractivity contribution in [1.29, 1.82) is 0 Å². The molecule has 0 heterocycles. The first-order valence-corrected chi connectivity index (χ1v) is 11.2. The van der Waals surface area contributed by atoms with Crippen molar-refractivity contribution in [2.45, 2.75) is 60.7 Å². The van der Waals surface area contributed by atoms with E-state index in [2.05, 4.69) is 0 Å². The predicted octanol–water partition coefficient (Wildman–Crippen LogP) is 7.30. The van der Waals surface area contributed by atoms with E-state index < -0.39 is 60.9 Å². The topological polar surface area (TPSA) is 0 Å². The Balaban J connectivity index is 6.61. The molecule has 0 aromatic heterocycles. The van der Waals surface area contributed by atoms with E-state index in [1.54, 1.807) is 0 Å². The van der Waals surface area contributed by atoms with Crippen molar-refractivity contribution >= 4 is 28.9 Å². The second-order valence-corrected chi connectivity index (χ2v) is 13.9. The molecule has 0 aromatic rings. The number of hydrogen-bond acceptors (Lipinski definition) is 0. The molecule has 170 valence electrons. The molecule has 0 saturated carbocycles. The van der Waals surface area contributed by atoms with E-state index in [1.165, 1.54) is 0 Å². The molecule has 0 nitrogen and oxygen atoms in total. The van der Waals surface area contributed by atoms with E-state index in [0.29, 0.717) is 6.55 Å². The zero-order chi connectivity index (χ0) is 23.4. The van der Waals surface area contributed by atoms with Crippen molar-refractivity contribution in [3.63, 3.8) is 0 Å². The van der Waals surface area contributed by atoms with Gasteiger partial charge in [0.2, 0.25) is 6.69 Å². The van der Waals surface area contributed by atoms with Gasteiger partial charge in [-0.3, -0.25) is 0 Å². The van der Waals surface area contributed by atoms with Gasteiger partial charge in [-0.1, -0.05) is 0 Å². The molecule has 0 aliphatic carbocycles. The van der Waals surface area contributed by atoms with Gasteiger partial charge in [-0.15, -0.1) is 22.2 Å². The van der Waals surface area contributed by atoms with E-state index >= 15 is 0 Å². The molecule has 0 aliphatic rings. The van der Waals surface area contributed by atoms with E-state index in [1.807, 2.05) is 0 Å². The van der Waals surface area contributed by atoms with Crippen molar-refractivity contribution < 1.29 is 65.9 Å². The van der Waals surface area contributed by atoms with Gasteiger partial charge >= 0.3 is 36.0 Å². The maximum absolute atomic E-state index is 14.0. The summed E-state index contributed by atoms with van der Waals surface area (Å²) in [6.45, 7) is -3.31. The van der Waals surface area contributed by atoms with E-state index in [4.69, 9.17) is 22.2 Å². The maximum Gasteiger partial charge on any atom is 0.460 e. The van der Waals surface area contributed by atoms with Crippen LogP contribution in [0.1, 0.15) is 6.42 Å². The lowest BCUT2D eigenvalue weighted by Crippen LogP contribution is -2.73. The van der Waals surface area contributed by atoms with Crippen LogP contribution in [-0.4, -0.2) is 48.4 Å². The third-order valence-electron chi connectivity index (χ3n) is 3.39. The first-order valence-electron chi connectivity index (χ1n) is 6.42. The fraction of sp³-hybridized carbons (Fsp3) is 1.00. The Hall–Kier alpha value is -0.253. The van der Waals surface area contributed by atoms with Gasteiger partial charge in [0.1, 0.15) is 0 Å². The molecule has 0 radical (unpaired) electrons. The van der Waals surface area contributed by atoms with Crippen LogP contribution in [0.4, 0.5) is 65.9 Å². The van der Waals surface area contributed by atoms with Crippen molar-refractivity contribution in [1.82, 2.24) is 0 Å². The van der Waals surface area contributed by atoms with Crippen LogP contribution in [0.25, 0.3) is 0 Å². The van der Waals surface area contributed by atoms with Gasteiger partial charge in [-0.2, -0.15) is 61.5 Å². The molecular weight excluding hydrogens is 504 g/mol. The number of hydrogen-bond donors (Lipinski definition) is 0. The Labute approximate surface area is 156 Å². The second kappa shape index (κ2) is 7.16. The maximum atomic E-state index is 14.0. The Morgan fingerprint density at radius 1 is 0.536 bits per heavy atom. The van der Waals surface area contributed by atoms with Crippen LogP contribution in [0.5, 0.6) is 0 Å². The van der Waals surface area contributed by atoms with Crippen LogP contribution in [-0.2, 0) is 0 Å². The minimum Gasteiger partial charge on any atom is -0.227 e. The minimum absolute atomic E-state index is 0.676. The third kappa shape index (κ3) is 4.27. The fourth-order valence-electron chi connectivity index (χ4n) is 1.69. The van der Waals surface area contributed by atoms with Crippen molar-refractivity contribution in [3.05, 3.63) is 0 Å². The van der Waals surface area contributed by atoms with Crippen LogP contribution in [0.15, 0.2) is 0 Å². The Kier molecular flexibility index (Phi) is 7.10. The molecule has 1 atom stereocenters. The zero-order valence-electron chi connectivity index (χ0n) is 12.8. The molecule has 0 rings (SSSR count). The van der Waals surface area contributed by atoms with Gasteiger partial charge in [0.25, 0.3) is 5.67 Å². The average molecular weight is 511 g/mol. The summed E-state index contributed by atoms with van der Waals surface area (Å²) in [4.78, 5) is 0. The van der Waals surface area contributed by atoms with Gasteiger partial charge in [-0.05, 0) is 19.0 Å². The van der Waals surface area contributed by atoms with Crippen LogP contribution < -0.4 is 0 Å². The lowest BCUT2D eigenvalue weighted by atomic mass is 9.84. The summed E-state index contributed by atoms with van der Waals surface area (Å²) in [5.41, 5.74) is -6.67. The second-order valence-electron chi connectivity index (χ2n) is 5.66. The lowest BCUT2D eigenvalue weighted by Gasteiger charge is -2.43. The van der Waals surface area contributed by atoms with Gasteiger partial charge in [0.15, 0.2) is 0 Å². The van der Waals surface area contributed by atoms with Crippen molar-refractivity contribution in [2.75, 3.05) is 0 Å². The molecule has 0 aliphatic heterocycles. The summed E-state index contributed by atoms with van der Waals surface area (Å²) in [5, 5.41) is 0. The summed E-state index contributed by atoms with van der Waals surface area (Å²) in [6, 6.07) is -1.63. The van der Waals surface area contributed by atoms with Crippen LogP contribution in [0.3, 0.4) is 0 Å². The molecule has 0 saturated heterocycles. The average Bonchev–Trinajstić information content (AvgIpc) is 2.40. The Morgan fingerprint density at radius 3 is 1.11 bits per heavy atom. The van der Waals surface area contributed by atoms with Crippen LogP contribution in [0.2, 0.25) is 12.6 Å². The zero-order valence-corrected chi connectivity index (χ0v) is 15.4. The third-order valence-corrected chi connectivity index (χ3v) is 5.66. The Morgan fingerprint density at radius 2 is 0.857 bits per heavy atom. The highest BCUT2D eigenvalue weighted by molar-refractivity contribution is 7.44. The molecular formula is C10H7Cl2F15Si. The lowest BCUT2D eigenvalue weighted by molar-refractivity contribution is -0.446. The molecule has 18 heteroatoms. The Bertz CT molecular complexity index is 561. The van der Waals surface area contributed by atoms with E-state index in [9.17, 15) is 65.9 Å². The first kappa shape index (κ1) is 27.7. The molecule has 0 bridgehead atoms. The monoisotopic (exact) mass is 510 g/mol. The predicted molar refractivity (Wildman–Crippen MR) is 68.5 cm³/mol. The van der Waals surface area contributed by atoms with Gasteiger partial charge in [0.05, 0.1) is 0 Å². The standard InChI is InChI=1S/C10H7Cl2F15Si/c1-28(11,12)3-2-4(13,9(22,23)24)5(14,15)6(16,17)7(18,19)8(20,21)10(25,26)27/h2-3H2,1H3. The normalized spacial score (nSPS) is 18.2. The van der Waals surface area contributed by atoms with Gasteiger partial charge in [0, 0.05) is 0 Å². The summed E-state index contributed by atoms with van der Waals surface area (Å²) >= 11 is 10.4. The molecule has 0 N–H and O–H groups in total. The number of alkyl halides is 15. The quantitative estimate of drug-likeness (QED) is 0.191. The number of rotatable bonds is 7.